The lowest BCUT2D eigenvalue weighted by Gasteiger charge is -2.09. The van der Waals surface area contributed by atoms with Crippen LogP contribution in [0.4, 0.5) is 0 Å². The second kappa shape index (κ2) is 6.09. The molecule has 1 N–H and O–H groups in total. The minimum absolute atomic E-state index is 0.207. The molecule has 0 bridgehead atoms. The Morgan fingerprint density at radius 1 is 1.45 bits per heavy atom. The Morgan fingerprint density at radius 2 is 2.15 bits per heavy atom. The van der Waals surface area contributed by atoms with E-state index in [9.17, 15) is 4.79 Å². The molecule has 2 aromatic rings. The number of nitrogens with one attached hydrogen (secondary N) is 1. The molecule has 8 nitrogen and oxygen atoms in total. The summed E-state index contributed by atoms with van der Waals surface area (Å²) in [5.74, 6) is 0.648. The third-order valence-corrected chi connectivity index (χ3v) is 2.59. The topological polar surface area (TPSA) is 103 Å². The largest absolute Gasteiger partial charge is 0.467 e. The summed E-state index contributed by atoms with van der Waals surface area (Å²) in [5, 5.41) is 6.51. The van der Waals surface area contributed by atoms with Gasteiger partial charge in [0.25, 0.3) is 5.91 Å². The smallest absolute Gasteiger partial charge is 0.316 e. The summed E-state index contributed by atoms with van der Waals surface area (Å²) < 4.78 is 9.89. The number of nitrogens with zero attached hydrogens (tertiary/aromatic N) is 4. The molecule has 0 radical (unpaired) electrons. The maximum atomic E-state index is 12.0. The summed E-state index contributed by atoms with van der Waals surface area (Å²) in [5.41, 5.74) is 0.327. The molecule has 2 heterocycles. The van der Waals surface area contributed by atoms with Crippen LogP contribution in [-0.4, -0.2) is 33.1 Å². The van der Waals surface area contributed by atoms with Crippen LogP contribution in [0.15, 0.2) is 16.9 Å². The number of hydrogen-bond acceptors (Lipinski definition) is 7. The fraction of sp³-hybridized carbons (Fsp3) is 0.417. The molecule has 2 aromatic heterocycles. The van der Waals surface area contributed by atoms with Crippen LogP contribution in [0.3, 0.4) is 0 Å². The van der Waals surface area contributed by atoms with Gasteiger partial charge in [-0.05, 0) is 6.92 Å². The van der Waals surface area contributed by atoms with Crippen molar-refractivity contribution in [3.63, 3.8) is 0 Å². The minimum Gasteiger partial charge on any atom is -0.467 e. The van der Waals surface area contributed by atoms with Crippen molar-refractivity contribution in [2.45, 2.75) is 26.3 Å². The Kier molecular flexibility index (Phi) is 4.24. The van der Waals surface area contributed by atoms with E-state index in [2.05, 4.69) is 25.4 Å². The number of aromatic nitrogens is 4. The molecule has 0 aliphatic heterocycles. The summed E-state index contributed by atoms with van der Waals surface area (Å²) in [6.07, 6.45) is 3.45. The average molecular weight is 277 g/mol. The van der Waals surface area contributed by atoms with Crippen LogP contribution in [0.2, 0.25) is 0 Å². The monoisotopic (exact) mass is 277 g/mol. The molecule has 0 saturated heterocycles. The van der Waals surface area contributed by atoms with Gasteiger partial charge in [-0.1, -0.05) is 12.1 Å². The first kappa shape index (κ1) is 13.9. The molecule has 0 fully saturated rings. The molecular formula is C12H15N5O3. The zero-order chi connectivity index (χ0) is 14.5. The van der Waals surface area contributed by atoms with Crippen LogP contribution in [0.1, 0.15) is 42.0 Å². The Labute approximate surface area is 115 Å². The van der Waals surface area contributed by atoms with Crippen LogP contribution in [0.25, 0.3) is 0 Å². The van der Waals surface area contributed by atoms with Gasteiger partial charge < -0.3 is 14.6 Å². The van der Waals surface area contributed by atoms with Gasteiger partial charge in [-0.3, -0.25) is 4.79 Å². The zero-order valence-electron chi connectivity index (χ0n) is 11.5. The van der Waals surface area contributed by atoms with Crippen molar-refractivity contribution in [3.05, 3.63) is 29.7 Å². The van der Waals surface area contributed by atoms with Gasteiger partial charge in [-0.25, -0.2) is 9.97 Å². The van der Waals surface area contributed by atoms with Gasteiger partial charge in [0.15, 0.2) is 5.82 Å². The molecule has 0 spiro atoms. The number of hydrogen-bond donors (Lipinski definition) is 1. The predicted molar refractivity (Wildman–Crippen MR) is 68.1 cm³/mol. The average Bonchev–Trinajstić information content (AvgIpc) is 2.96. The van der Waals surface area contributed by atoms with Gasteiger partial charge in [0.05, 0.1) is 12.7 Å². The first-order valence-electron chi connectivity index (χ1n) is 6.13. The van der Waals surface area contributed by atoms with Gasteiger partial charge in [0.1, 0.15) is 6.04 Å². The van der Waals surface area contributed by atoms with Crippen LogP contribution < -0.4 is 10.1 Å². The van der Waals surface area contributed by atoms with Gasteiger partial charge in [-0.15, -0.1) is 0 Å². The van der Waals surface area contributed by atoms with Crippen LogP contribution in [0.5, 0.6) is 6.01 Å². The highest BCUT2D eigenvalue weighted by Gasteiger charge is 2.17. The molecule has 1 atom stereocenters. The van der Waals surface area contributed by atoms with Crippen LogP contribution in [-0.2, 0) is 6.42 Å². The van der Waals surface area contributed by atoms with Crippen molar-refractivity contribution >= 4 is 5.91 Å². The van der Waals surface area contributed by atoms with Crippen molar-refractivity contribution in [1.29, 1.82) is 0 Å². The van der Waals surface area contributed by atoms with E-state index in [-0.39, 0.29) is 11.9 Å². The van der Waals surface area contributed by atoms with Gasteiger partial charge in [0.2, 0.25) is 5.89 Å². The molecule has 8 heteroatoms. The predicted octanol–water partition coefficient (Wildman–Crippen LogP) is 0.922. The zero-order valence-corrected chi connectivity index (χ0v) is 11.5. The quantitative estimate of drug-likeness (QED) is 0.866. The van der Waals surface area contributed by atoms with Crippen molar-refractivity contribution in [2.24, 2.45) is 0 Å². The van der Waals surface area contributed by atoms with E-state index in [1.165, 1.54) is 19.5 Å². The van der Waals surface area contributed by atoms with Crippen LogP contribution in [0, 0.1) is 0 Å². The number of carbonyl (C=O) groups is 1. The van der Waals surface area contributed by atoms with E-state index in [0.717, 1.165) is 0 Å². The highest BCUT2D eigenvalue weighted by Crippen LogP contribution is 2.11. The van der Waals surface area contributed by atoms with Gasteiger partial charge in [0, 0.05) is 18.8 Å². The lowest BCUT2D eigenvalue weighted by Crippen LogP contribution is -2.27. The summed E-state index contributed by atoms with van der Waals surface area (Å²) in [4.78, 5) is 23.9. The van der Waals surface area contributed by atoms with Crippen LogP contribution >= 0.6 is 0 Å². The molecule has 0 aliphatic carbocycles. The van der Waals surface area contributed by atoms with E-state index in [4.69, 9.17) is 9.26 Å². The maximum absolute atomic E-state index is 12.0. The molecule has 20 heavy (non-hydrogen) atoms. The molecular weight excluding hydrogens is 262 g/mol. The molecule has 2 rings (SSSR count). The summed E-state index contributed by atoms with van der Waals surface area (Å²) >= 11 is 0. The fourth-order valence-corrected chi connectivity index (χ4v) is 1.47. The first-order valence-corrected chi connectivity index (χ1v) is 6.13. The molecule has 0 aliphatic rings. The number of carbonyl (C=O) groups excluding carboxylic acids is 1. The number of aryl methyl sites for hydroxylation is 1. The van der Waals surface area contributed by atoms with Gasteiger partial charge in [-0.2, -0.15) is 4.98 Å². The first-order chi connectivity index (χ1) is 9.63. The second-order valence-electron chi connectivity index (χ2n) is 4.06. The Hall–Kier alpha value is -2.51. The second-order valence-corrected chi connectivity index (χ2v) is 4.06. The minimum atomic E-state index is -0.391. The fourth-order valence-electron chi connectivity index (χ4n) is 1.47. The Morgan fingerprint density at radius 3 is 2.70 bits per heavy atom. The lowest BCUT2D eigenvalue weighted by atomic mass is 10.2. The highest BCUT2D eigenvalue weighted by molar-refractivity contribution is 5.93. The number of rotatable bonds is 5. The van der Waals surface area contributed by atoms with E-state index < -0.39 is 6.04 Å². The molecule has 0 aromatic carbocycles. The van der Waals surface area contributed by atoms with Crippen molar-refractivity contribution < 1.29 is 14.1 Å². The van der Waals surface area contributed by atoms with Crippen molar-refractivity contribution in [2.75, 3.05) is 7.11 Å². The number of amides is 1. The molecule has 1 amide bonds. The summed E-state index contributed by atoms with van der Waals surface area (Å²) in [7, 11) is 1.46. The maximum Gasteiger partial charge on any atom is 0.316 e. The van der Waals surface area contributed by atoms with E-state index in [1.807, 2.05) is 6.92 Å². The van der Waals surface area contributed by atoms with E-state index in [0.29, 0.717) is 23.7 Å². The lowest BCUT2D eigenvalue weighted by molar-refractivity contribution is 0.0931. The van der Waals surface area contributed by atoms with E-state index in [1.54, 1.807) is 6.92 Å². The van der Waals surface area contributed by atoms with Crippen molar-refractivity contribution in [3.8, 4) is 6.01 Å². The third kappa shape index (κ3) is 3.08. The summed E-state index contributed by atoms with van der Waals surface area (Å²) in [6, 6.07) is -0.184. The summed E-state index contributed by atoms with van der Waals surface area (Å²) in [6.45, 7) is 3.68. The van der Waals surface area contributed by atoms with Gasteiger partial charge >= 0.3 is 6.01 Å². The number of methoxy groups -OCH3 is 1. The van der Waals surface area contributed by atoms with E-state index >= 15 is 0 Å². The third-order valence-electron chi connectivity index (χ3n) is 2.59. The normalized spacial score (nSPS) is 11.9. The SMILES string of the molecule is CCc1noc([C@H](C)NC(=O)c2cnc(OC)nc2)n1. The number of ether oxygens (including phenoxy) is 1. The molecule has 0 saturated carbocycles. The molecule has 106 valence electrons. The molecule has 0 unspecified atom stereocenters. The standard InChI is InChI=1S/C12H15N5O3/c1-4-9-16-11(20-17-9)7(2)15-10(18)8-5-13-12(19-3)14-6-8/h5-7H,4H2,1-3H3,(H,15,18)/t7-/m0/s1. The van der Waals surface area contributed by atoms with Crippen molar-refractivity contribution in [1.82, 2.24) is 25.4 Å². The Balaban J connectivity index is 2.02. The Bertz CT molecular complexity index is 581. The highest BCUT2D eigenvalue weighted by atomic mass is 16.5.